The molecule has 2 aliphatic rings. The number of aliphatic hydroxyl groups is 2. The van der Waals surface area contributed by atoms with Crippen LogP contribution in [0.25, 0.3) is 0 Å². The summed E-state index contributed by atoms with van der Waals surface area (Å²) in [6.07, 6.45) is 0.215. The topological polar surface area (TPSA) is 96.7 Å². The summed E-state index contributed by atoms with van der Waals surface area (Å²) in [5.41, 5.74) is 0. The summed E-state index contributed by atoms with van der Waals surface area (Å²) in [5.74, 6) is -0.269. The van der Waals surface area contributed by atoms with Crippen molar-refractivity contribution < 1.29 is 19.8 Å². The molecule has 0 aliphatic carbocycles. The van der Waals surface area contributed by atoms with E-state index in [-0.39, 0.29) is 18.5 Å². The summed E-state index contributed by atoms with van der Waals surface area (Å²) in [6.45, 7) is 1.73. The van der Waals surface area contributed by atoms with Gasteiger partial charge in [-0.25, -0.2) is 9.79 Å². The van der Waals surface area contributed by atoms with Crippen LogP contribution in [0.5, 0.6) is 0 Å². The molecule has 0 aromatic carbocycles. The van der Waals surface area contributed by atoms with E-state index in [1.165, 1.54) is 16.7 Å². The second kappa shape index (κ2) is 5.98. The van der Waals surface area contributed by atoms with Crippen LogP contribution in [0.2, 0.25) is 0 Å². The number of carbonyl (C=O) groups excluding carboxylic acids is 2. The molecule has 0 radical (unpaired) electrons. The van der Waals surface area contributed by atoms with Crippen LogP contribution in [0, 0.1) is 0 Å². The van der Waals surface area contributed by atoms with Crippen molar-refractivity contribution >= 4 is 18.3 Å². The van der Waals surface area contributed by atoms with E-state index < -0.39 is 24.4 Å². The van der Waals surface area contributed by atoms with Crippen molar-refractivity contribution in [3.8, 4) is 0 Å². The van der Waals surface area contributed by atoms with E-state index in [9.17, 15) is 19.8 Å². The number of imide groups is 1. The first-order valence-electron chi connectivity index (χ1n) is 7.04. The zero-order valence-corrected chi connectivity index (χ0v) is 12.5. The maximum Gasteiger partial charge on any atom is 0.328 e. The number of aliphatic imine (C=N–C) groups is 1. The highest BCUT2D eigenvalue weighted by Gasteiger charge is 2.48. The Morgan fingerprint density at radius 1 is 1.33 bits per heavy atom. The average Bonchev–Trinajstić information content (AvgIpc) is 2.82. The van der Waals surface area contributed by atoms with E-state index in [0.717, 1.165) is 0 Å². The van der Waals surface area contributed by atoms with Crippen LogP contribution in [-0.4, -0.2) is 88.2 Å². The Morgan fingerprint density at radius 2 is 2.00 bits per heavy atom. The van der Waals surface area contributed by atoms with Gasteiger partial charge in [-0.15, -0.1) is 0 Å². The Kier molecular flexibility index (Phi) is 4.48. The maximum atomic E-state index is 12.4. The van der Waals surface area contributed by atoms with E-state index in [2.05, 4.69) is 4.99 Å². The number of nitrogens with zero attached hydrogens (tertiary/aromatic N) is 4. The van der Waals surface area contributed by atoms with Gasteiger partial charge in [0.25, 0.3) is 5.91 Å². The van der Waals surface area contributed by atoms with Gasteiger partial charge >= 0.3 is 6.03 Å². The standard InChI is InChI=1S/C13H22N4O4/c1-8(18)9(19)5-4-6-17-12(20)10-11(14-7-15(10)2)16(3)13(17)21/h7-11,18-19H,4-6H2,1-3H3. The average molecular weight is 298 g/mol. The second-order valence-corrected chi connectivity index (χ2v) is 5.62. The minimum Gasteiger partial charge on any atom is -0.391 e. The molecule has 8 nitrogen and oxygen atoms in total. The molecule has 2 aliphatic heterocycles. The van der Waals surface area contributed by atoms with Crippen LogP contribution in [0.15, 0.2) is 4.99 Å². The van der Waals surface area contributed by atoms with Gasteiger partial charge in [0.1, 0.15) is 0 Å². The molecule has 0 spiro atoms. The molecule has 4 unspecified atom stereocenters. The fraction of sp³-hybridized carbons (Fsp3) is 0.769. The summed E-state index contributed by atoms with van der Waals surface area (Å²) in [6, 6.07) is -0.852. The number of hydrogen-bond donors (Lipinski definition) is 2. The fourth-order valence-corrected chi connectivity index (χ4v) is 2.61. The number of hydrogen-bond acceptors (Lipinski definition) is 6. The van der Waals surface area contributed by atoms with Gasteiger partial charge in [0.15, 0.2) is 12.2 Å². The summed E-state index contributed by atoms with van der Waals surface area (Å²) in [5, 5.41) is 18.8. The Morgan fingerprint density at radius 3 is 2.62 bits per heavy atom. The van der Waals surface area contributed by atoms with Gasteiger partial charge in [0.05, 0.1) is 18.5 Å². The van der Waals surface area contributed by atoms with Gasteiger partial charge in [-0.1, -0.05) is 0 Å². The van der Waals surface area contributed by atoms with Gasteiger partial charge in [-0.2, -0.15) is 0 Å². The van der Waals surface area contributed by atoms with E-state index in [1.54, 1.807) is 25.3 Å². The molecule has 3 amide bonds. The number of aliphatic hydroxyl groups excluding tert-OH is 2. The Balaban J connectivity index is 1.99. The minimum atomic E-state index is -0.844. The molecule has 0 bridgehead atoms. The summed E-state index contributed by atoms with van der Waals surface area (Å²) in [7, 11) is 3.38. The SMILES string of the molecule is CC(O)C(O)CCCN1C(=O)C2C(N=CN2C)N(C)C1=O. The lowest BCUT2D eigenvalue weighted by molar-refractivity contribution is -0.137. The van der Waals surface area contributed by atoms with Crippen LogP contribution in [-0.2, 0) is 4.79 Å². The van der Waals surface area contributed by atoms with Crippen LogP contribution in [0.4, 0.5) is 4.79 Å². The van der Waals surface area contributed by atoms with E-state index in [1.807, 2.05) is 0 Å². The molecule has 0 aromatic heterocycles. The van der Waals surface area contributed by atoms with Crippen molar-refractivity contribution in [2.75, 3.05) is 20.6 Å². The van der Waals surface area contributed by atoms with E-state index in [4.69, 9.17) is 0 Å². The molecule has 0 saturated carbocycles. The van der Waals surface area contributed by atoms with Gasteiger partial charge in [-0.05, 0) is 19.8 Å². The highest BCUT2D eigenvalue weighted by Crippen LogP contribution is 2.24. The molecule has 1 fully saturated rings. The van der Waals surface area contributed by atoms with Crippen LogP contribution in [0.3, 0.4) is 0 Å². The number of likely N-dealkylation sites (N-methyl/N-ethyl adjacent to an activating group) is 2. The zero-order valence-electron chi connectivity index (χ0n) is 12.5. The van der Waals surface area contributed by atoms with Crippen molar-refractivity contribution in [1.82, 2.24) is 14.7 Å². The van der Waals surface area contributed by atoms with Crippen LogP contribution >= 0.6 is 0 Å². The predicted molar refractivity (Wildman–Crippen MR) is 75.6 cm³/mol. The van der Waals surface area contributed by atoms with Gasteiger partial charge in [0.2, 0.25) is 0 Å². The molecule has 4 atom stereocenters. The lowest BCUT2D eigenvalue weighted by Crippen LogP contribution is -2.64. The number of fused-ring (bicyclic) bond motifs is 1. The number of carbonyl (C=O) groups is 2. The lowest BCUT2D eigenvalue weighted by atomic mass is 10.1. The monoisotopic (exact) mass is 298 g/mol. The Bertz CT molecular complexity index is 453. The Hall–Kier alpha value is -1.67. The number of urea groups is 1. The molecular weight excluding hydrogens is 276 g/mol. The van der Waals surface area contributed by atoms with E-state index >= 15 is 0 Å². The highest BCUT2D eigenvalue weighted by atomic mass is 16.3. The quantitative estimate of drug-likeness (QED) is 0.683. The van der Waals surface area contributed by atoms with Gasteiger partial charge in [-0.3, -0.25) is 9.69 Å². The highest BCUT2D eigenvalue weighted by molar-refractivity contribution is 6.01. The normalized spacial score (nSPS) is 28.1. The molecule has 0 aromatic rings. The third-order valence-corrected chi connectivity index (χ3v) is 4.01. The minimum absolute atomic E-state index is 0.225. The van der Waals surface area contributed by atoms with Crippen LogP contribution in [0.1, 0.15) is 19.8 Å². The van der Waals surface area contributed by atoms with Crippen molar-refractivity contribution in [1.29, 1.82) is 0 Å². The van der Waals surface area contributed by atoms with Crippen molar-refractivity contribution in [3.05, 3.63) is 0 Å². The lowest BCUT2D eigenvalue weighted by Gasteiger charge is -2.40. The first-order valence-corrected chi connectivity index (χ1v) is 7.04. The molecule has 21 heavy (non-hydrogen) atoms. The molecular formula is C13H22N4O4. The third-order valence-electron chi connectivity index (χ3n) is 4.01. The number of amides is 3. The molecule has 2 rings (SSSR count). The molecule has 2 N–H and O–H groups in total. The summed E-state index contributed by atoms with van der Waals surface area (Å²) >= 11 is 0. The first kappa shape index (κ1) is 15.7. The first-order chi connectivity index (χ1) is 9.84. The van der Waals surface area contributed by atoms with Crippen molar-refractivity contribution in [3.63, 3.8) is 0 Å². The summed E-state index contributed by atoms with van der Waals surface area (Å²) < 4.78 is 0. The molecule has 118 valence electrons. The second-order valence-electron chi connectivity index (χ2n) is 5.62. The van der Waals surface area contributed by atoms with Crippen molar-refractivity contribution in [2.24, 2.45) is 4.99 Å². The Labute approximate surface area is 123 Å². The largest absolute Gasteiger partial charge is 0.391 e. The third kappa shape index (κ3) is 2.86. The predicted octanol–water partition coefficient (Wildman–Crippen LogP) is -0.929. The van der Waals surface area contributed by atoms with Gasteiger partial charge < -0.3 is 20.0 Å². The van der Waals surface area contributed by atoms with Crippen molar-refractivity contribution in [2.45, 2.75) is 44.2 Å². The zero-order chi connectivity index (χ0) is 15.7. The fourth-order valence-electron chi connectivity index (χ4n) is 2.61. The molecule has 1 saturated heterocycles. The van der Waals surface area contributed by atoms with Crippen LogP contribution < -0.4 is 0 Å². The number of rotatable bonds is 5. The molecule has 8 heteroatoms. The molecule has 2 heterocycles. The van der Waals surface area contributed by atoms with Gasteiger partial charge in [0, 0.05) is 20.6 Å². The maximum absolute atomic E-state index is 12.4. The van der Waals surface area contributed by atoms with E-state index in [0.29, 0.717) is 12.8 Å². The summed E-state index contributed by atoms with van der Waals surface area (Å²) in [4.78, 5) is 33.2. The smallest absolute Gasteiger partial charge is 0.328 e.